The molecule has 4 rings (SSSR count). The first-order valence-corrected chi connectivity index (χ1v) is 13.3. The Kier molecular flexibility index (Phi) is 7.61. The van der Waals surface area contributed by atoms with Gasteiger partial charge in [-0.25, -0.2) is 8.42 Å². The van der Waals surface area contributed by atoms with E-state index >= 15 is 0 Å². The van der Waals surface area contributed by atoms with Crippen molar-refractivity contribution < 1.29 is 18.0 Å². The van der Waals surface area contributed by atoms with Crippen LogP contribution in [0.25, 0.3) is 0 Å². The van der Waals surface area contributed by atoms with Crippen molar-refractivity contribution in [1.82, 2.24) is 9.80 Å². The lowest BCUT2D eigenvalue weighted by Gasteiger charge is -2.34. The molecule has 2 N–H and O–H groups in total. The maximum Gasteiger partial charge on any atom is 0.271 e. The summed E-state index contributed by atoms with van der Waals surface area (Å²) in [7, 11) is -3.59. The number of hydrogen-bond donors (Lipinski definition) is 2. The summed E-state index contributed by atoms with van der Waals surface area (Å²) in [5.41, 5.74) is 2.03. The van der Waals surface area contributed by atoms with Crippen LogP contribution in [0, 0.1) is 0 Å². The third-order valence-corrected chi connectivity index (χ3v) is 8.25. The summed E-state index contributed by atoms with van der Waals surface area (Å²) >= 11 is 1.15. The van der Waals surface area contributed by atoms with Crippen LogP contribution in [0.15, 0.2) is 76.3 Å². The van der Waals surface area contributed by atoms with Crippen LogP contribution < -0.4 is 10.0 Å². The molecule has 0 unspecified atom stereocenters. The summed E-state index contributed by atoms with van der Waals surface area (Å²) in [4.78, 5) is 28.8. The molecule has 1 aliphatic rings. The minimum Gasteiger partial charge on any atom is -0.340 e. The molecule has 2 heterocycles. The van der Waals surface area contributed by atoms with Crippen LogP contribution in [0.1, 0.15) is 5.56 Å². The summed E-state index contributed by atoms with van der Waals surface area (Å²) in [5, 5.41) is 4.59. The number of sulfonamides is 1. The van der Waals surface area contributed by atoms with Crippen LogP contribution in [0.4, 0.5) is 11.4 Å². The van der Waals surface area contributed by atoms with Gasteiger partial charge < -0.3 is 10.2 Å². The average Bonchev–Trinajstić information content (AvgIpc) is 3.37. The van der Waals surface area contributed by atoms with Crippen molar-refractivity contribution in [2.24, 2.45) is 0 Å². The number of benzene rings is 2. The van der Waals surface area contributed by atoms with E-state index in [0.717, 1.165) is 22.6 Å². The van der Waals surface area contributed by atoms with Gasteiger partial charge in [-0.2, -0.15) is 0 Å². The van der Waals surface area contributed by atoms with Crippen molar-refractivity contribution >= 4 is 44.5 Å². The molecule has 0 bridgehead atoms. The van der Waals surface area contributed by atoms with Gasteiger partial charge in [0.05, 0.1) is 13.0 Å². The fourth-order valence-corrected chi connectivity index (χ4v) is 5.73. The normalized spacial score (nSPS) is 14.5. The summed E-state index contributed by atoms with van der Waals surface area (Å²) in [6, 6.07) is 19.4. The van der Waals surface area contributed by atoms with E-state index in [1.165, 1.54) is 0 Å². The quantitative estimate of drug-likeness (QED) is 0.498. The van der Waals surface area contributed by atoms with Gasteiger partial charge in [0.25, 0.3) is 10.0 Å². The Hall–Kier alpha value is -3.21. The molecule has 0 spiro atoms. The van der Waals surface area contributed by atoms with Crippen molar-refractivity contribution in [3.05, 3.63) is 77.7 Å². The second-order valence-corrected chi connectivity index (χ2v) is 10.8. The van der Waals surface area contributed by atoms with Gasteiger partial charge >= 0.3 is 0 Å². The molecule has 1 saturated heterocycles. The summed E-state index contributed by atoms with van der Waals surface area (Å²) in [5.74, 6) is -0.0546. The predicted molar refractivity (Wildman–Crippen MR) is 133 cm³/mol. The molecule has 0 atom stereocenters. The number of amides is 2. The van der Waals surface area contributed by atoms with Gasteiger partial charge in [-0.15, -0.1) is 11.3 Å². The lowest BCUT2D eigenvalue weighted by molar-refractivity contribution is -0.132. The van der Waals surface area contributed by atoms with Crippen molar-refractivity contribution in [3.8, 4) is 0 Å². The first kappa shape index (κ1) is 23.9. The number of piperazine rings is 1. The molecular formula is C24H26N4O4S2. The van der Waals surface area contributed by atoms with Crippen LogP contribution in [-0.4, -0.2) is 62.8 Å². The minimum atomic E-state index is -3.59. The third kappa shape index (κ3) is 6.43. The summed E-state index contributed by atoms with van der Waals surface area (Å²) < 4.78 is 27.5. The lowest BCUT2D eigenvalue weighted by atomic mass is 10.1. The zero-order valence-corrected chi connectivity index (χ0v) is 20.1. The largest absolute Gasteiger partial charge is 0.340 e. The number of nitrogens with one attached hydrogen (secondary N) is 2. The van der Waals surface area contributed by atoms with E-state index < -0.39 is 10.0 Å². The molecule has 0 radical (unpaired) electrons. The molecule has 1 aliphatic heterocycles. The maximum atomic E-state index is 12.7. The van der Waals surface area contributed by atoms with Crippen LogP contribution in [0.2, 0.25) is 0 Å². The summed E-state index contributed by atoms with van der Waals surface area (Å²) in [6.07, 6.45) is 0.243. The highest BCUT2D eigenvalue weighted by molar-refractivity contribution is 7.94. The average molecular weight is 499 g/mol. The fourth-order valence-electron chi connectivity index (χ4n) is 3.68. The highest BCUT2D eigenvalue weighted by Gasteiger charge is 2.22. The summed E-state index contributed by atoms with van der Waals surface area (Å²) in [6.45, 7) is 2.70. The molecule has 2 amide bonds. The van der Waals surface area contributed by atoms with Gasteiger partial charge in [-0.1, -0.05) is 36.4 Å². The number of anilines is 2. The number of para-hydroxylation sites is 1. The van der Waals surface area contributed by atoms with E-state index in [-0.39, 0.29) is 22.4 Å². The first-order valence-electron chi connectivity index (χ1n) is 10.9. The monoisotopic (exact) mass is 498 g/mol. The standard InChI is InChI=1S/C24H26N4O4S2/c29-22(25-20-5-2-1-3-6-20)18-27-12-14-28(15-13-27)23(30)17-19-8-10-21(11-9-19)26-34(31,32)24-7-4-16-33-24/h1-11,16,26H,12-15,17-18H2,(H,25,29). The highest BCUT2D eigenvalue weighted by atomic mass is 32.2. The number of carbonyl (C=O) groups is 2. The van der Waals surface area contributed by atoms with E-state index in [1.54, 1.807) is 46.7 Å². The van der Waals surface area contributed by atoms with Crippen LogP contribution in [0.5, 0.6) is 0 Å². The highest BCUT2D eigenvalue weighted by Crippen LogP contribution is 2.20. The second kappa shape index (κ2) is 10.8. The number of carbonyl (C=O) groups excluding carboxylic acids is 2. The van der Waals surface area contributed by atoms with Crippen molar-refractivity contribution in [2.75, 3.05) is 42.8 Å². The van der Waals surface area contributed by atoms with Gasteiger partial charge in [0, 0.05) is 37.6 Å². The Labute approximate surface area is 203 Å². The van der Waals surface area contributed by atoms with Crippen LogP contribution in [-0.2, 0) is 26.0 Å². The number of nitrogens with zero attached hydrogens (tertiary/aromatic N) is 2. The zero-order chi connectivity index (χ0) is 24.0. The maximum absolute atomic E-state index is 12.7. The van der Waals surface area contributed by atoms with E-state index in [2.05, 4.69) is 10.0 Å². The van der Waals surface area contributed by atoms with Gasteiger partial charge in [0.2, 0.25) is 11.8 Å². The van der Waals surface area contributed by atoms with Gasteiger partial charge in [0.1, 0.15) is 4.21 Å². The first-order chi connectivity index (χ1) is 16.4. The molecular weight excluding hydrogens is 472 g/mol. The van der Waals surface area contributed by atoms with Crippen LogP contribution in [0.3, 0.4) is 0 Å². The van der Waals surface area contributed by atoms with Gasteiger partial charge in [0.15, 0.2) is 0 Å². The zero-order valence-electron chi connectivity index (χ0n) is 18.5. The number of hydrogen-bond acceptors (Lipinski definition) is 6. The molecule has 178 valence electrons. The molecule has 8 nitrogen and oxygen atoms in total. The predicted octanol–water partition coefficient (Wildman–Crippen LogP) is 2.87. The Morgan fingerprint density at radius 3 is 2.21 bits per heavy atom. The molecule has 2 aromatic carbocycles. The van der Waals surface area contributed by atoms with Gasteiger partial charge in [-0.05, 0) is 41.3 Å². The molecule has 0 aliphatic carbocycles. The van der Waals surface area contributed by atoms with Crippen molar-refractivity contribution in [2.45, 2.75) is 10.6 Å². The molecule has 1 fully saturated rings. The number of thiophene rings is 1. The topological polar surface area (TPSA) is 98.8 Å². The molecule has 3 aromatic rings. The smallest absolute Gasteiger partial charge is 0.271 e. The SMILES string of the molecule is O=C(CN1CCN(C(=O)Cc2ccc(NS(=O)(=O)c3cccs3)cc2)CC1)Nc1ccccc1. The van der Waals surface area contributed by atoms with Crippen molar-refractivity contribution in [3.63, 3.8) is 0 Å². The Balaban J connectivity index is 1.23. The third-order valence-electron chi connectivity index (χ3n) is 5.47. The van der Waals surface area contributed by atoms with Crippen LogP contribution >= 0.6 is 11.3 Å². The van der Waals surface area contributed by atoms with E-state index in [1.807, 2.05) is 35.2 Å². The van der Waals surface area contributed by atoms with E-state index in [9.17, 15) is 18.0 Å². The molecule has 1 aromatic heterocycles. The van der Waals surface area contributed by atoms with E-state index in [0.29, 0.717) is 38.4 Å². The Bertz CT molecular complexity index is 1210. The van der Waals surface area contributed by atoms with Gasteiger partial charge in [-0.3, -0.25) is 19.2 Å². The molecule has 34 heavy (non-hydrogen) atoms. The molecule has 0 saturated carbocycles. The fraction of sp³-hybridized carbons (Fsp3) is 0.250. The molecule has 10 heteroatoms. The second-order valence-electron chi connectivity index (χ2n) is 7.98. The lowest BCUT2D eigenvalue weighted by Crippen LogP contribution is -2.50. The Morgan fingerprint density at radius 2 is 1.56 bits per heavy atom. The minimum absolute atomic E-state index is 0.0142. The Morgan fingerprint density at radius 1 is 0.853 bits per heavy atom. The van der Waals surface area contributed by atoms with Crippen molar-refractivity contribution in [1.29, 1.82) is 0 Å². The number of rotatable bonds is 8. The van der Waals surface area contributed by atoms with E-state index in [4.69, 9.17) is 0 Å².